The highest BCUT2D eigenvalue weighted by atomic mass is 16.2. The molecule has 1 atom stereocenters. The maximum Gasteiger partial charge on any atom is 0.243 e. The normalized spacial score (nSPS) is 21.4. The van der Waals surface area contributed by atoms with E-state index in [1.165, 1.54) is 0 Å². The van der Waals surface area contributed by atoms with E-state index in [1.54, 1.807) is 4.90 Å². The second-order valence-corrected chi connectivity index (χ2v) is 6.76. The summed E-state index contributed by atoms with van der Waals surface area (Å²) in [6.07, 6.45) is 1.66. The summed E-state index contributed by atoms with van der Waals surface area (Å²) in [5, 5.41) is 2.68. The summed E-state index contributed by atoms with van der Waals surface area (Å²) >= 11 is 0. The van der Waals surface area contributed by atoms with Crippen LogP contribution in [0.15, 0.2) is 0 Å². The first-order valence-electron chi connectivity index (χ1n) is 6.78. The molecule has 0 spiro atoms. The number of rotatable bonds is 4. The topological polar surface area (TPSA) is 49.4 Å². The van der Waals surface area contributed by atoms with Crippen molar-refractivity contribution in [1.82, 2.24) is 10.2 Å². The highest BCUT2D eigenvalue weighted by molar-refractivity contribution is 5.94. The maximum absolute atomic E-state index is 12.0. The van der Waals surface area contributed by atoms with Crippen LogP contribution >= 0.6 is 0 Å². The standard InChI is InChI=1S/C14H26N2O2/c1-10(2)8-11-13(18)15-9-12(17)16(11)7-6-14(3,4)5/h10-11H,6-9H2,1-5H3,(H,15,18). The zero-order valence-corrected chi connectivity index (χ0v) is 12.2. The van der Waals surface area contributed by atoms with Crippen molar-refractivity contribution in [3.05, 3.63) is 0 Å². The van der Waals surface area contributed by atoms with Crippen LogP contribution in [0.3, 0.4) is 0 Å². The second-order valence-electron chi connectivity index (χ2n) is 6.76. The van der Waals surface area contributed by atoms with Crippen molar-refractivity contribution in [2.45, 2.75) is 53.5 Å². The van der Waals surface area contributed by atoms with Crippen LogP contribution in [0.2, 0.25) is 0 Å². The van der Waals surface area contributed by atoms with E-state index in [1.807, 2.05) is 0 Å². The lowest BCUT2D eigenvalue weighted by molar-refractivity contribution is -0.146. The fourth-order valence-corrected chi connectivity index (χ4v) is 2.11. The summed E-state index contributed by atoms with van der Waals surface area (Å²) in [7, 11) is 0. The molecule has 4 heteroatoms. The molecule has 0 radical (unpaired) electrons. The molecular formula is C14H26N2O2. The molecule has 0 bridgehead atoms. The molecule has 1 unspecified atom stereocenters. The Labute approximate surface area is 110 Å². The van der Waals surface area contributed by atoms with Gasteiger partial charge in [0.2, 0.25) is 11.8 Å². The van der Waals surface area contributed by atoms with E-state index in [0.717, 1.165) is 12.8 Å². The Balaban J connectivity index is 2.73. The Morgan fingerprint density at radius 2 is 1.94 bits per heavy atom. The van der Waals surface area contributed by atoms with Gasteiger partial charge in [0.1, 0.15) is 6.04 Å². The average Bonchev–Trinajstić information content (AvgIpc) is 2.20. The van der Waals surface area contributed by atoms with Gasteiger partial charge in [0, 0.05) is 6.54 Å². The van der Waals surface area contributed by atoms with Crippen LogP contribution in [0.4, 0.5) is 0 Å². The zero-order valence-electron chi connectivity index (χ0n) is 12.2. The number of hydrogen-bond donors (Lipinski definition) is 1. The third-order valence-corrected chi connectivity index (χ3v) is 3.21. The number of hydrogen-bond acceptors (Lipinski definition) is 2. The predicted octanol–water partition coefficient (Wildman–Crippen LogP) is 1.80. The number of nitrogens with zero attached hydrogens (tertiary/aromatic N) is 1. The predicted molar refractivity (Wildman–Crippen MR) is 72.0 cm³/mol. The number of nitrogens with one attached hydrogen (secondary N) is 1. The minimum atomic E-state index is -0.284. The van der Waals surface area contributed by atoms with E-state index < -0.39 is 0 Å². The van der Waals surface area contributed by atoms with Crippen LogP contribution in [0.5, 0.6) is 0 Å². The molecule has 1 fully saturated rings. The van der Waals surface area contributed by atoms with Gasteiger partial charge in [0.15, 0.2) is 0 Å². The smallest absolute Gasteiger partial charge is 0.243 e. The van der Waals surface area contributed by atoms with Crippen LogP contribution in [-0.4, -0.2) is 35.8 Å². The lowest BCUT2D eigenvalue weighted by Gasteiger charge is -2.37. The van der Waals surface area contributed by atoms with Gasteiger partial charge in [-0.25, -0.2) is 0 Å². The van der Waals surface area contributed by atoms with Gasteiger partial charge in [-0.15, -0.1) is 0 Å². The fourth-order valence-electron chi connectivity index (χ4n) is 2.11. The van der Waals surface area contributed by atoms with Gasteiger partial charge < -0.3 is 10.2 Å². The first-order valence-corrected chi connectivity index (χ1v) is 6.78. The molecule has 0 aliphatic carbocycles. The van der Waals surface area contributed by atoms with Gasteiger partial charge in [-0.05, 0) is 24.2 Å². The molecule has 18 heavy (non-hydrogen) atoms. The van der Waals surface area contributed by atoms with Crippen molar-refractivity contribution in [2.24, 2.45) is 11.3 Å². The Bertz CT molecular complexity index is 318. The van der Waals surface area contributed by atoms with E-state index in [2.05, 4.69) is 39.9 Å². The number of amides is 2. The van der Waals surface area contributed by atoms with Crippen molar-refractivity contribution >= 4 is 11.8 Å². The summed E-state index contributed by atoms with van der Waals surface area (Å²) in [5.41, 5.74) is 0.177. The van der Waals surface area contributed by atoms with E-state index in [9.17, 15) is 9.59 Å². The lowest BCUT2D eigenvalue weighted by Crippen LogP contribution is -2.59. The molecule has 1 N–H and O–H groups in total. The molecule has 0 saturated carbocycles. The van der Waals surface area contributed by atoms with Crippen LogP contribution < -0.4 is 5.32 Å². The summed E-state index contributed by atoms with van der Waals surface area (Å²) in [6, 6.07) is -0.284. The number of carbonyl (C=O) groups excluding carboxylic acids is 2. The molecule has 104 valence electrons. The molecule has 1 aliphatic heterocycles. The molecule has 1 rings (SSSR count). The van der Waals surface area contributed by atoms with Crippen molar-refractivity contribution in [3.8, 4) is 0 Å². The molecule has 0 aromatic heterocycles. The molecule has 1 aliphatic rings. The molecule has 0 aromatic carbocycles. The third-order valence-electron chi connectivity index (χ3n) is 3.21. The largest absolute Gasteiger partial charge is 0.345 e. The molecule has 0 aromatic rings. The van der Waals surface area contributed by atoms with Crippen LogP contribution in [0.25, 0.3) is 0 Å². The van der Waals surface area contributed by atoms with Crippen molar-refractivity contribution in [2.75, 3.05) is 13.1 Å². The second kappa shape index (κ2) is 5.72. The molecular weight excluding hydrogens is 228 g/mol. The highest BCUT2D eigenvalue weighted by Crippen LogP contribution is 2.22. The van der Waals surface area contributed by atoms with Crippen LogP contribution in [-0.2, 0) is 9.59 Å². The van der Waals surface area contributed by atoms with Crippen LogP contribution in [0, 0.1) is 11.3 Å². The van der Waals surface area contributed by atoms with Gasteiger partial charge in [-0.3, -0.25) is 9.59 Å². The monoisotopic (exact) mass is 254 g/mol. The van der Waals surface area contributed by atoms with Crippen molar-refractivity contribution < 1.29 is 9.59 Å². The summed E-state index contributed by atoms with van der Waals surface area (Å²) < 4.78 is 0. The minimum absolute atomic E-state index is 0.00258. The first-order chi connectivity index (χ1) is 8.20. The molecule has 2 amide bonds. The van der Waals surface area contributed by atoms with Gasteiger partial charge in [-0.2, -0.15) is 0 Å². The van der Waals surface area contributed by atoms with Crippen LogP contribution in [0.1, 0.15) is 47.5 Å². The van der Waals surface area contributed by atoms with Crippen molar-refractivity contribution in [1.29, 1.82) is 0 Å². The quantitative estimate of drug-likeness (QED) is 0.831. The van der Waals surface area contributed by atoms with Gasteiger partial charge >= 0.3 is 0 Å². The Hall–Kier alpha value is -1.06. The number of carbonyl (C=O) groups is 2. The first kappa shape index (κ1) is 15.0. The Morgan fingerprint density at radius 1 is 1.33 bits per heavy atom. The van der Waals surface area contributed by atoms with E-state index in [-0.39, 0.29) is 29.8 Å². The van der Waals surface area contributed by atoms with E-state index in [4.69, 9.17) is 0 Å². The van der Waals surface area contributed by atoms with E-state index >= 15 is 0 Å². The lowest BCUT2D eigenvalue weighted by atomic mass is 9.91. The molecule has 1 heterocycles. The highest BCUT2D eigenvalue weighted by Gasteiger charge is 2.34. The summed E-state index contributed by atoms with van der Waals surface area (Å²) in [6.45, 7) is 11.4. The van der Waals surface area contributed by atoms with Gasteiger partial charge in [0.05, 0.1) is 6.54 Å². The minimum Gasteiger partial charge on any atom is -0.345 e. The summed E-state index contributed by atoms with van der Waals surface area (Å²) in [4.78, 5) is 25.6. The molecule has 4 nitrogen and oxygen atoms in total. The average molecular weight is 254 g/mol. The third kappa shape index (κ3) is 4.31. The van der Waals surface area contributed by atoms with Crippen molar-refractivity contribution in [3.63, 3.8) is 0 Å². The maximum atomic E-state index is 12.0. The zero-order chi connectivity index (χ0) is 13.9. The van der Waals surface area contributed by atoms with Gasteiger partial charge in [0.25, 0.3) is 0 Å². The SMILES string of the molecule is CC(C)CC1C(=O)NCC(=O)N1CCC(C)(C)C. The Kier molecular flexibility index (Phi) is 4.77. The van der Waals surface area contributed by atoms with Gasteiger partial charge in [-0.1, -0.05) is 34.6 Å². The molecule has 1 saturated heterocycles. The fraction of sp³-hybridized carbons (Fsp3) is 0.857. The number of piperazine rings is 1. The van der Waals surface area contributed by atoms with E-state index in [0.29, 0.717) is 12.5 Å². The summed E-state index contributed by atoms with van der Waals surface area (Å²) in [5.74, 6) is 0.450. The Morgan fingerprint density at radius 3 is 2.44 bits per heavy atom.